The van der Waals surface area contributed by atoms with E-state index in [2.05, 4.69) is 9.97 Å². The Labute approximate surface area is 140 Å². The number of hydrogen-bond donors (Lipinski definition) is 1. The second kappa shape index (κ2) is 5.52. The number of aryl methyl sites for hydroxylation is 1. The van der Waals surface area contributed by atoms with Gasteiger partial charge in [-0.3, -0.25) is 9.59 Å². The second-order valence-electron chi connectivity index (χ2n) is 5.86. The topological polar surface area (TPSA) is 66.1 Å². The number of aromatic amines is 1. The molecule has 4 rings (SSSR count). The van der Waals surface area contributed by atoms with Crippen molar-refractivity contribution >= 4 is 27.5 Å². The molecular formula is C17H14FN3O2S. The van der Waals surface area contributed by atoms with Crippen LogP contribution >= 0.6 is 11.3 Å². The van der Waals surface area contributed by atoms with E-state index in [1.165, 1.54) is 29.8 Å². The van der Waals surface area contributed by atoms with Gasteiger partial charge >= 0.3 is 0 Å². The molecule has 0 unspecified atom stereocenters. The van der Waals surface area contributed by atoms with Crippen molar-refractivity contribution in [2.75, 3.05) is 6.54 Å². The van der Waals surface area contributed by atoms with Crippen LogP contribution in [0.4, 0.5) is 4.39 Å². The molecule has 3 heterocycles. The van der Waals surface area contributed by atoms with E-state index in [0.717, 1.165) is 11.1 Å². The van der Waals surface area contributed by atoms with Crippen LogP contribution in [0.3, 0.4) is 0 Å². The van der Waals surface area contributed by atoms with Gasteiger partial charge in [0.05, 0.1) is 16.6 Å². The van der Waals surface area contributed by atoms with Crippen LogP contribution in [0.25, 0.3) is 10.2 Å². The van der Waals surface area contributed by atoms with Crippen molar-refractivity contribution in [3.63, 3.8) is 0 Å². The normalized spacial score (nSPS) is 14.0. The van der Waals surface area contributed by atoms with Gasteiger partial charge in [0.2, 0.25) is 0 Å². The molecule has 7 heteroatoms. The highest BCUT2D eigenvalue weighted by Crippen LogP contribution is 2.29. The number of halogens is 1. The summed E-state index contributed by atoms with van der Waals surface area (Å²) in [5, 5.41) is 0.477. The Morgan fingerprint density at radius 2 is 2.21 bits per heavy atom. The first-order valence-corrected chi connectivity index (χ1v) is 8.39. The molecule has 0 spiro atoms. The third-order valence-electron chi connectivity index (χ3n) is 4.39. The molecule has 0 saturated heterocycles. The zero-order chi connectivity index (χ0) is 16.8. The minimum atomic E-state index is -0.251. The number of nitrogens with zero attached hydrogens (tertiary/aromatic N) is 2. The number of hydrogen-bond acceptors (Lipinski definition) is 4. The van der Waals surface area contributed by atoms with Crippen molar-refractivity contribution < 1.29 is 9.18 Å². The van der Waals surface area contributed by atoms with E-state index in [-0.39, 0.29) is 17.3 Å². The molecule has 1 aromatic carbocycles. The van der Waals surface area contributed by atoms with E-state index >= 15 is 0 Å². The third-order valence-corrected chi connectivity index (χ3v) is 5.58. The van der Waals surface area contributed by atoms with Crippen molar-refractivity contribution in [2.45, 2.75) is 19.9 Å². The van der Waals surface area contributed by atoms with Gasteiger partial charge in [-0.15, -0.1) is 11.3 Å². The van der Waals surface area contributed by atoms with Crippen molar-refractivity contribution in [2.24, 2.45) is 0 Å². The number of carbonyl (C=O) groups is 1. The summed E-state index contributed by atoms with van der Waals surface area (Å²) in [6.07, 6.45) is 1.97. The number of aromatic nitrogens is 2. The predicted molar refractivity (Wildman–Crippen MR) is 89.8 cm³/mol. The number of nitrogens with one attached hydrogen (secondary N) is 1. The number of H-pyrrole nitrogens is 1. The van der Waals surface area contributed by atoms with Gasteiger partial charge in [0.1, 0.15) is 10.6 Å². The summed E-state index contributed by atoms with van der Waals surface area (Å²) in [5.74, 6) is -0.357. The third kappa shape index (κ3) is 2.32. The Balaban J connectivity index is 1.70. The van der Waals surface area contributed by atoms with E-state index in [0.29, 0.717) is 40.2 Å². The molecule has 0 atom stereocenters. The second-order valence-corrected chi connectivity index (χ2v) is 6.86. The summed E-state index contributed by atoms with van der Waals surface area (Å²) in [6, 6.07) is 4.68. The lowest BCUT2D eigenvalue weighted by Gasteiger charge is -2.28. The molecule has 0 saturated carbocycles. The highest BCUT2D eigenvalue weighted by atomic mass is 32.1. The summed E-state index contributed by atoms with van der Waals surface area (Å²) < 4.78 is 13.3. The first kappa shape index (κ1) is 15.0. The molecule has 122 valence electrons. The average Bonchev–Trinajstić information content (AvgIpc) is 2.92. The lowest BCUT2D eigenvalue weighted by atomic mass is 9.99. The van der Waals surface area contributed by atoms with Crippen LogP contribution in [0.5, 0.6) is 0 Å². The number of rotatable bonds is 1. The number of thiophene rings is 1. The van der Waals surface area contributed by atoms with Crippen LogP contribution in [0.2, 0.25) is 0 Å². The standard InChI is InChI=1S/C17H14FN3O2S/c1-9-13-15(22)19-8-20-16(13)24-14(9)17(23)21-5-4-10-6-12(18)3-2-11(10)7-21/h2-3,6,8H,4-5,7H2,1H3,(H,19,20,22). The average molecular weight is 343 g/mol. The van der Waals surface area contributed by atoms with Gasteiger partial charge in [0.15, 0.2) is 0 Å². The quantitative estimate of drug-likeness (QED) is 0.739. The molecule has 0 fully saturated rings. The lowest BCUT2D eigenvalue weighted by molar-refractivity contribution is 0.0739. The Kier molecular flexibility index (Phi) is 3.45. The predicted octanol–water partition coefficient (Wildman–Crippen LogP) is 2.63. The van der Waals surface area contributed by atoms with Crippen LogP contribution in [0.15, 0.2) is 29.3 Å². The number of carbonyl (C=O) groups excluding carboxylic acids is 1. The SMILES string of the molecule is Cc1c(C(=O)N2CCc3cc(F)ccc3C2)sc2nc[nH]c(=O)c12. The maximum atomic E-state index is 13.3. The van der Waals surface area contributed by atoms with E-state index in [9.17, 15) is 14.0 Å². The molecule has 1 aliphatic rings. The fraction of sp³-hybridized carbons (Fsp3) is 0.235. The summed E-state index contributed by atoms with van der Waals surface area (Å²) in [6.45, 7) is 2.76. The van der Waals surface area contributed by atoms with E-state index in [1.54, 1.807) is 17.9 Å². The van der Waals surface area contributed by atoms with Gasteiger partial charge in [-0.25, -0.2) is 9.37 Å². The van der Waals surface area contributed by atoms with Crippen molar-refractivity contribution in [3.8, 4) is 0 Å². The van der Waals surface area contributed by atoms with Gasteiger partial charge in [0.25, 0.3) is 11.5 Å². The highest BCUT2D eigenvalue weighted by Gasteiger charge is 2.26. The molecule has 1 aliphatic heterocycles. The lowest BCUT2D eigenvalue weighted by Crippen LogP contribution is -2.35. The highest BCUT2D eigenvalue weighted by molar-refractivity contribution is 7.20. The van der Waals surface area contributed by atoms with Gasteiger partial charge in [-0.05, 0) is 42.2 Å². The molecular weight excluding hydrogens is 329 g/mol. The maximum Gasteiger partial charge on any atom is 0.264 e. The fourth-order valence-electron chi connectivity index (χ4n) is 3.12. The van der Waals surface area contributed by atoms with E-state index < -0.39 is 0 Å². The summed E-state index contributed by atoms with van der Waals surface area (Å²) in [7, 11) is 0. The number of amides is 1. The van der Waals surface area contributed by atoms with Gasteiger partial charge in [0, 0.05) is 13.1 Å². The van der Waals surface area contributed by atoms with Crippen LogP contribution < -0.4 is 5.56 Å². The summed E-state index contributed by atoms with van der Waals surface area (Å²) in [5.41, 5.74) is 2.35. The molecule has 2 aromatic heterocycles. The van der Waals surface area contributed by atoms with Gasteiger partial charge in [-0.2, -0.15) is 0 Å². The first-order valence-electron chi connectivity index (χ1n) is 7.58. The van der Waals surface area contributed by atoms with Gasteiger partial charge < -0.3 is 9.88 Å². The van der Waals surface area contributed by atoms with Crippen molar-refractivity contribution in [1.29, 1.82) is 0 Å². The maximum absolute atomic E-state index is 13.3. The molecule has 24 heavy (non-hydrogen) atoms. The van der Waals surface area contributed by atoms with Crippen LogP contribution in [-0.4, -0.2) is 27.3 Å². The summed E-state index contributed by atoms with van der Waals surface area (Å²) >= 11 is 1.24. The van der Waals surface area contributed by atoms with Gasteiger partial charge in [-0.1, -0.05) is 6.07 Å². The monoisotopic (exact) mass is 343 g/mol. The molecule has 0 bridgehead atoms. The van der Waals surface area contributed by atoms with E-state index in [1.807, 2.05) is 0 Å². The zero-order valence-electron chi connectivity index (χ0n) is 12.9. The van der Waals surface area contributed by atoms with Crippen LogP contribution in [0.1, 0.15) is 26.4 Å². The minimum Gasteiger partial charge on any atom is -0.333 e. The van der Waals surface area contributed by atoms with Crippen LogP contribution in [-0.2, 0) is 13.0 Å². The largest absolute Gasteiger partial charge is 0.333 e. The smallest absolute Gasteiger partial charge is 0.264 e. The van der Waals surface area contributed by atoms with Crippen molar-refractivity contribution in [3.05, 3.63) is 62.3 Å². The Morgan fingerprint density at radius 1 is 1.38 bits per heavy atom. The molecule has 1 amide bonds. The molecule has 1 N–H and O–H groups in total. The number of benzene rings is 1. The molecule has 3 aromatic rings. The minimum absolute atomic E-state index is 0.107. The Hall–Kier alpha value is -2.54. The summed E-state index contributed by atoms with van der Waals surface area (Å²) in [4.78, 5) is 34.4. The number of fused-ring (bicyclic) bond motifs is 2. The van der Waals surface area contributed by atoms with Crippen molar-refractivity contribution in [1.82, 2.24) is 14.9 Å². The Bertz CT molecular complexity index is 1020. The molecule has 0 radical (unpaired) electrons. The van der Waals surface area contributed by atoms with E-state index in [4.69, 9.17) is 0 Å². The first-order chi connectivity index (χ1) is 11.5. The molecule has 0 aliphatic carbocycles. The fourth-order valence-corrected chi connectivity index (χ4v) is 4.24. The van der Waals surface area contributed by atoms with Crippen LogP contribution in [0, 0.1) is 12.7 Å². The zero-order valence-corrected chi connectivity index (χ0v) is 13.7. The molecule has 5 nitrogen and oxygen atoms in total. The Morgan fingerprint density at radius 3 is 3.00 bits per heavy atom.